The van der Waals surface area contributed by atoms with Gasteiger partial charge in [-0.25, -0.2) is 4.79 Å². The Bertz CT molecular complexity index is 676. The molecule has 1 atom stereocenters. The molecule has 1 rings (SSSR count). The first-order valence-corrected chi connectivity index (χ1v) is 8.42. The molecule has 2 amide bonds. The van der Waals surface area contributed by atoms with E-state index in [-0.39, 0.29) is 23.0 Å². The van der Waals surface area contributed by atoms with E-state index in [9.17, 15) is 14.4 Å². The lowest BCUT2D eigenvalue weighted by atomic mass is 10.1. The molecule has 9 heteroatoms. The van der Waals surface area contributed by atoms with Gasteiger partial charge >= 0.3 is 5.97 Å². The molecule has 0 saturated heterocycles. The van der Waals surface area contributed by atoms with Crippen LogP contribution in [0.15, 0.2) is 12.1 Å². The maximum atomic E-state index is 12.3. The Morgan fingerprint density at radius 1 is 1.04 bits per heavy atom. The van der Waals surface area contributed by atoms with E-state index in [1.807, 2.05) is 6.92 Å². The second-order valence-corrected chi connectivity index (χ2v) is 5.54. The number of hydrogen-bond donors (Lipinski definition) is 2. The summed E-state index contributed by atoms with van der Waals surface area (Å²) in [5.41, 5.74) is 0.0803. The highest BCUT2D eigenvalue weighted by molar-refractivity contribution is 5.96. The lowest BCUT2D eigenvalue weighted by Gasteiger charge is -2.16. The van der Waals surface area contributed by atoms with Crippen molar-refractivity contribution >= 4 is 17.8 Å². The van der Waals surface area contributed by atoms with Gasteiger partial charge in [0, 0.05) is 6.54 Å². The minimum absolute atomic E-state index is 0.0803. The molecule has 1 aromatic rings. The number of carbonyl (C=O) groups excluding carboxylic acids is 3. The second kappa shape index (κ2) is 10.9. The third kappa shape index (κ3) is 6.05. The zero-order chi connectivity index (χ0) is 20.4. The topological polar surface area (TPSA) is 112 Å². The molecule has 0 aliphatic rings. The number of nitrogens with one attached hydrogen (secondary N) is 2. The summed E-state index contributed by atoms with van der Waals surface area (Å²) in [6.07, 6.45) is 0.789. The van der Waals surface area contributed by atoms with E-state index in [0.717, 1.165) is 6.42 Å². The van der Waals surface area contributed by atoms with E-state index in [4.69, 9.17) is 18.9 Å². The minimum atomic E-state index is -0.772. The summed E-state index contributed by atoms with van der Waals surface area (Å²) in [5, 5.41) is 5.12. The number of esters is 1. The van der Waals surface area contributed by atoms with Gasteiger partial charge in [-0.1, -0.05) is 6.92 Å². The number of ether oxygens (including phenoxy) is 4. The molecule has 1 aromatic carbocycles. The highest BCUT2D eigenvalue weighted by atomic mass is 16.5. The van der Waals surface area contributed by atoms with Crippen LogP contribution in [0.1, 0.15) is 30.6 Å². The Morgan fingerprint density at radius 3 is 2.26 bits per heavy atom. The highest BCUT2D eigenvalue weighted by Crippen LogP contribution is 2.39. The van der Waals surface area contributed by atoms with Crippen LogP contribution >= 0.6 is 0 Å². The predicted octanol–water partition coefficient (Wildman–Crippen LogP) is 0.900. The molecule has 0 spiro atoms. The van der Waals surface area contributed by atoms with Gasteiger partial charge < -0.3 is 29.6 Å². The average molecular weight is 382 g/mol. The van der Waals surface area contributed by atoms with Crippen LogP contribution in [0.2, 0.25) is 0 Å². The molecule has 0 unspecified atom stereocenters. The van der Waals surface area contributed by atoms with E-state index >= 15 is 0 Å². The van der Waals surface area contributed by atoms with Gasteiger partial charge in [0.2, 0.25) is 11.7 Å². The van der Waals surface area contributed by atoms with Gasteiger partial charge in [0.1, 0.15) is 11.6 Å². The largest absolute Gasteiger partial charge is 0.493 e. The van der Waals surface area contributed by atoms with Crippen molar-refractivity contribution in [3.63, 3.8) is 0 Å². The number of rotatable bonds is 10. The molecule has 0 fully saturated rings. The summed E-state index contributed by atoms with van der Waals surface area (Å²) >= 11 is 0. The van der Waals surface area contributed by atoms with Gasteiger partial charge in [0.15, 0.2) is 18.1 Å². The SMILES string of the molecule is CCCNC(=O)[C@@H](C)NC(=O)COC(=O)c1ccc(OC)c(OC)c1OC. The van der Waals surface area contributed by atoms with E-state index in [1.54, 1.807) is 6.92 Å². The highest BCUT2D eigenvalue weighted by Gasteiger charge is 2.23. The molecule has 27 heavy (non-hydrogen) atoms. The molecule has 9 nitrogen and oxygen atoms in total. The number of benzene rings is 1. The Hall–Kier alpha value is -2.97. The zero-order valence-electron chi connectivity index (χ0n) is 16.2. The van der Waals surface area contributed by atoms with Gasteiger partial charge in [-0.05, 0) is 25.5 Å². The quantitative estimate of drug-likeness (QED) is 0.578. The van der Waals surface area contributed by atoms with Gasteiger partial charge in [-0.2, -0.15) is 0 Å². The Labute approximate surface area is 158 Å². The Kier molecular flexibility index (Phi) is 8.91. The van der Waals surface area contributed by atoms with Gasteiger partial charge in [-0.15, -0.1) is 0 Å². The first-order chi connectivity index (χ1) is 12.9. The van der Waals surface area contributed by atoms with Crippen LogP contribution in [0.25, 0.3) is 0 Å². The molecule has 2 N–H and O–H groups in total. The molecular formula is C18H26N2O7. The van der Waals surface area contributed by atoms with E-state index in [0.29, 0.717) is 12.3 Å². The Morgan fingerprint density at radius 2 is 1.70 bits per heavy atom. The van der Waals surface area contributed by atoms with Crippen LogP contribution in [0, 0.1) is 0 Å². The maximum absolute atomic E-state index is 12.3. The number of carbonyl (C=O) groups is 3. The third-order valence-electron chi connectivity index (χ3n) is 3.58. The van der Waals surface area contributed by atoms with Gasteiger partial charge in [-0.3, -0.25) is 9.59 Å². The van der Waals surface area contributed by atoms with Gasteiger partial charge in [0.25, 0.3) is 5.91 Å². The average Bonchev–Trinajstić information content (AvgIpc) is 2.68. The molecular weight excluding hydrogens is 356 g/mol. The number of amides is 2. The van der Waals surface area contributed by atoms with Crippen LogP contribution in [0.5, 0.6) is 17.2 Å². The van der Waals surface area contributed by atoms with E-state index in [1.165, 1.54) is 33.5 Å². The fraction of sp³-hybridized carbons (Fsp3) is 0.500. The van der Waals surface area contributed by atoms with E-state index < -0.39 is 24.5 Å². The lowest BCUT2D eigenvalue weighted by Crippen LogP contribution is -2.46. The zero-order valence-corrected chi connectivity index (χ0v) is 16.2. The normalized spacial score (nSPS) is 11.1. The summed E-state index contributed by atoms with van der Waals surface area (Å²) in [7, 11) is 4.24. The van der Waals surface area contributed by atoms with Crippen molar-refractivity contribution in [1.82, 2.24) is 10.6 Å². The lowest BCUT2D eigenvalue weighted by molar-refractivity contribution is -0.130. The number of methoxy groups -OCH3 is 3. The van der Waals surface area contributed by atoms with Crippen molar-refractivity contribution in [1.29, 1.82) is 0 Å². The van der Waals surface area contributed by atoms with Gasteiger partial charge in [0.05, 0.1) is 21.3 Å². The van der Waals surface area contributed by atoms with Crippen LogP contribution in [0.3, 0.4) is 0 Å². The number of hydrogen-bond acceptors (Lipinski definition) is 7. The molecule has 0 aliphatic heterocycles. The van der Waals surface area contributed by atoms with Crippen LogP contribution in [-0.2, 0) is 14.3 Å². The first-order valence-electron chi connectivity index (χ1n) is 8.42. The van der Waals surface area contributed by atoms with Crippen molar-refractivity contribution in [3.05, 3.63) is 17.7 Å². The predicted molar refractivity (Wildman–Crippen MR) is 97.3 cm³/mol. The van der Waals surface area contributed by atoms with Crippen LogP contribution in [-0.4, -0.2) is 58.3 Å². The first kappa shape index (κ1) is 22.1. The van der Waals surface area contributed by atoms with Crippen molar-refractivity contribution < 1.29 is 33.3 Å². The van der Waals surface area contributed by atoms with Crippen LogP contribution in [0.4, 0.5) is 0 Å². The molecule has 0 radical (unpaired) electrons. The molecule has 150 valence electrons. The second-order valence-electron chi connectivity index (χ2n) is 5.54. The molecule has 0 aliphatic carbocycles. The fourth-order valence-corrected chi connectivity index (χ4v) is 2.22. The summed E-state index contributed by atoms with van der Waals surface area (Å²) in [6.45, 7) is 3.45. The molecule has 0 heterocycles. The fourth-order valence-electron chi connectivity index (χ4n) is 2.22. The maximum Gasteiger partial charge on any atom is 0.342 e. The summed E-state index contributed by atoms with van der Waals surface area (Å²) in [4.78, 5) is 35.9. The smallest absolute Gasteiger partial charge is 0.342 e. The minimum Gasteiger partial charge on any atom is -0.493 e. The monoisotopic (exact) mass is 382 g/mol. The molecule has 0 aromatic heterocycles. The molecule has 0 bridgehead atoms. The summed E-state index contributed by atoms with van der Waals surface area (Å²) in [6, 6.07) is 2.23. The third-order valence-corrected chi connectivity index (χ3v) is 3.58. The van der Waals surface area contributed by atoms with E-state index in [2.05, 4.69) is 10.6 Å². The molecule has 0 saturated carbocycles. The van der Waals surface area contributed by atoms with Crippen molar-refractivity contribution in [2.45, 2.75) is 26.3 Å². The van der Waals surface area contributed by atoms with Crippen molar-refractivity contribution in [3.8, 4) is 17.2 Å². The van der Waals surface area contributed by atoms with Crippen molar-refractivity contribution in [2.24, 2.45) is 0 Å². The Balaban J connectivity index is 2.72. The summed E-state index contributed by atoms with van der Waals surface area (Å²) in [5.74, 6) is -0.920. The standard InChI is InChI=1S/C18H26N2O7/c1-6-9-19-17(22)11(2)20-14(21)10-27-18(23)12-7-8-13(24-3)16(26-5)15(12)25-4/h7-8,11H,6,9-10H2,1-5H3,(H,19,22)(H,20,21)/t11-/m1/s1. The summed E-state index contributed by atoms with van der Waals surface area (Å²) < 4.78 is 20.6. The van der Waals surface area contributed by atoms with Crippen molar-refractivity contribution in [2.75, 3.05) is 34.5 Å². The van der Waals surface area contributed by atoms with Crippen LogP contribution < -0.4 is 24.8 Å².